The van der Waals surface area contributed by atoms with E-state index in [1.807, 2.05) is 13.8 Å². The van der Waals surface area contributed by atoms with Crippen molar-refractivity contribution in [2.45, 2.75) is 70.7 Å². The molecular weight excluding hydrogens is 461 g/mol. The number of nitrogens with one attached hydrogen (secondary N) is 2. The molecule has 4 aliphatic carbocycles. The van der Waals surface area contributed by atoms with Crippen molar-refractivity contribution in [3.05, 3.63) is 29.8 Å². The van der Waals surface area contributed by atoms with E-state index < -0.39 is 29.8 Å². The first kappa shape index (κ1) is 25.8. The molecule has 2 atom stereocenters. The molecule has 0 aromatic heterocycles. The van der Waals surface area contributed by atoms with Crippen LogP contribution in [-0.4, -0.2) is 42.2 Å². The van der Waals surface area contributed by atoms with Crippen LogP contribution >= 0.6 is 0 Å². The van der Waals surface area contributed by atoms with Crippen LogP contribution in [0.2, 0.25) is 0 Å². The highest BCUT2D eigenvalue weighted by Crippen LogP contribution is 2.60. The van der Waals surface area contributed by atoms with Crippen LogP contribution in [0.3, 0.4) is 0 Å². The molecule has 0 aliphatic heterocycles. The molecule has 4 saturated carbocycles. The summed E-state index contributed by atoms with van der Waals surface area (Å²) in [5.74, 6) is 1.26. The average molecular weight is 497 g/mol. The second-order valence-corrected chi connectivity index (χ2v) is 11.1. The highest BCUT2D eigenvalue weighted by Gasteiger charge is 2.55. The lowest BCUT2D eigenvalue weighted by molar-refractivity contribution is -0.149. The number of rotatable bonds is 9. The summed E-state index contributed by atoms with van der Waals surface area (Å²) in [7, 11) is 0. The van der Waals surface area contributed by atoms with Crippen LogP contribution in [0.15, 0.2) is 24.3 Å². The van der Waals surface area contributed by atoms with E-state index in [1.165, 1.54) is 31.4 Å². The highest BCUT2D eigenvalue weighted by atomic mass is 19.4. The maximum Gasteiger partial charge on any atom is 0.416 e. The van der Waals surface area contributed by atoms with E-state index in [9.17, 15) is 27.9 Å². The Balaban J connectivity index is 1.28. The van der Waals surface area contributed by atoms with Crippen molar-refractivity contribution in [3.8, 4) is 5.75 Å². The lowest BCUT2D eigenvalue weighted by Gasteiger charge is -2.55. The third-order valence-electron chi connectivity index (χ3n) is 7.87. The van der Waals surface area contributed by atoms with Gasteiger partial charge in [0.2, 0.25) is 11.8 Å². The molecular formula is C26H35F3N2O4. The van der Waals surface area contributed by atoms with Crippen molar-refractivity contribution in [3.63, 3.8) is 0 Å². The number of aliphatic hydroxyl groups is 1. The van der Waals surface area contributed by atoms with Crippen LogP contribution in [0.5, 0.6) is 5.75 Å². The van der Waals surface area contributed by atoms with Crippen LogP contribution in [-0.2, 0) is 15.8 Å². The second kappa shape index (κ2) is 9.99. The Labute approximate surface area is 204 Å². The van der Waals surface area contributed by atoms with Crippen LogP contribution < -0.4 is 15.4 Å². The molecule has 0 spiro atoms. The van der Waals surface area contributed by atoms with E-state index in [0.29, 0.717) is 17.8 Å². The number of amides is 2. The predicted molar refractivity (Wildman–Crippen MR) is 123 cm³/mol. The van der Waals surface area contributed by atoms with Gasteiger partial charge in [0.1, 0.15) is 24.5 Å². The normalized spacial score (nSPS) is 29.1. The van der Waals surface area contributed by atoms with Crippen LogP contribution in [0.25, 0.3) is 0 Å². The molecule has 4 bridgehead atoms. The Hall–Kier alpha value is -2.29. The molecule has 4 fully saturated rings. The van der Waals surface area contributed by atoms with Gasteiger partial charge in [-0.25, -0.2) is 0 Å². The van der Waals surface area contributed by atoms with Gasteiger partial charge in [0, 0.05) is 12.0 Å². The summed E-state index contributed by atoms with van der Waals surface area (Å²) in [4.78, 5) is 26.2. The molecule has 35 heavy (non-hydrogen) atoms. The van der Waals surface area contributed by atoms with E-state index in [1.54, 1.807) is 0 Å². The third kappa shape index (κ3) is 5.93. The van der Waals surface area contributed by atoms with E-state index >= 15 is 0 Å². The summed E-state index contributed by atoms with van der Waals surface area (Å²) in [6, 6.07) is 3.67. The van der Waals surface area contributed by atoms with Crippen molar-refractivity contribution in [2.24, 2.45) is 29.1 Å². The van der Waals surface area contributed by atoms with E-state index in [-0.39, 0.29) is 36.1 Å². The molecule has 5 rings (SSSR count). The fourth-order valence-electron chi connectivity index (χ4n) is 6.56. The molecule has 1 aromatic carbocycles. The number of aliphatic hydroxyl groups excluding tert-OH is 1. The maximum absolute atomic E-state index is 13.4. The summed E-state index contributed by atoms with van der Waals surface area (Å²) in [6.07, 6.45) is 0.774. The van der Waals surface area contributed by atoms with Gasteiger partial charge in [-0.3, -0.25) is 9.59 Å². The van der Waals surface area contributed by atoms with Gasteiger partial charge in [-0.05, 0) is 80.4 Å². The molecule has 0 saturated heterocycles. The average Bonchev–Trinajstić information content (AvgIpc) is 2.78. The standard InChI is InChI=1S/C26H35F3N2O4/c1-15(2)22(31-24(34)25-10-16-6-17(11-25)8-18(7-16)12-25)23(33)30-13-20(32)14-35-21-5-3-4-19(9-21)26(27,28)29/h3-5,9,15-18,20,22,32H,6-8,10-14H2,1-2H3,(H,30,33)(H,31,34). The van der Waals surface area contributed by atoms with E-state index in [0.717, 1.165) is 31.4 Å². The van der Waals surface area contributed by atoms with Crippen molar-refractivity contribution >= 4 is 11.8 Å². The van der Waals surface area contributed by atoms with E-state index in [2.05, 4.69) is 10.6 Å². The van der Waals surface area contributed by atoms with Gasteiger partial charge >= 0.3 is 6.18 Å². The first-order valence-corrected chi connectivity index (χ1v) is 12.5. The van der Waals surface area contributed by atoms with Gasteiger partial charge in [-0.15, -0.1) is 0 Å². The quantitative estimate of drug-likeness (QED) is 0.484. The Morgan fingerprint density at radius 1 is 1.11 bits per heavy atom. The SMILES string of the molecule is CC(C)C(NC(=O)C12CC3CC(CC(C3)C1)C2)C(=O)NCC(O)COc1cccc(C(F)(F)F)c1. The Morgan fingerprint density at radius 2 is 1.71 bits per heavy atom. The van der Waals surface area contributed by atoms with Crippen molar-refractivity contribution in [1.29, 1.82) is 0 Å². The molecule has 6 nitrogen and oxygen atoms in total. The van der Waals surface area contributed by atoms with Gasteiger partial charge in [-0.2, -0.15) is 13.2 Å². The minimum absolute atomic E-state index is 0.0203. The number of ether oxygens (including phenoxy) is 1. The first-order valence-electron chi connectivity index (χ1n) is 12.5. The fourth-order valence-corrected chi connectivity index (χ4v) is 6.56. The minimum atomic E-state index is -4.49. The molecule has 1 aromatic rings. The largest absolute Gasteiger partial charge is 0.491 e. The van der Waals surface area contributed by atoms with Crippen molar-refractivity contribution < 1.29 is 32.6 Å². The number of carbonyl (C=O) groups is 2. The smallest absolute Gasteiger partial charge is 0.416 e. The van der Waals surface area contributed by atoms with Gasteiger partial charge in [0.25, 0.3) is 0 Å². The van der Waals surface area contributed by atoms with Gasteiger partial charge in [0.05, 0.1) is 5.56 Å². The topological polar surface area (TPSA) is 87.7 Å². The number of carbonyl (C=O) groups excluding carboxylic acids is 2. The van der Waals surface area contributed by atoms with Crippen LogP contribution in [0.1, 0.15) is 57.9 Å². The molecule has 3 N–H and O–H groups in total. The Kier molecular flexibility index (Phi) is 7.36. The van der Waals surface area contributed by atoms with Crippen LogP contribution in [0, 0.1) is 29.1 Å². The number of benzene rings is 1. The monoisotopic (exact) mass is 496 g/mol. The number of hydrogen-bond acceptors (Lipinski definition) is 4. The Morgan fingerprint density at radius 3 is 2.26 bits per heavy atom. The van der Waals surface area contributed by atoms with E-state index in [4.69, 9.17) is 4.74 Å². The maximum atomic E-state index is 13.4. The summed E-state index contributed by atoms with van der Waals surface area (Å²) < 4.78 is 43.8. The second-order valence-electron chi connectivity index (χ2n) is 11.1. The molecule has 0 heterocycles. The molecule has 2 unspecified atom stereocenters. The van der Waals surface area contributed by atoms with Gasteiger partial charge in [0.15, 0.2) is 0 Å². The zero-order chi connectivity index (χ0) is 25.4. The fraction of sp³-hybridized carbons (Fsp3) is 0.692. The number of alkyl halides is 3. The molecule has 4 aliphatic rings. The van der Waals surface area contributed by atoms with Crippen LogP contribution in [0.4, 0.5) is 13.2 Å². The predicted octanol–water partition coefficient (Wildman–Crippen LogP) is 3.92. The molecule has 194 valence electrons. The van der Waals surface area contributed by atoms with Crippen molar-refractivity contribution in [1.82, 2.24) is 10.6 Å². The first-order chi connectivity index (χ1) is 16.4. The Bertz CT molecular complexity index is 898. The number of halogens is 3. The zero-order valence-corrected chi connectivity index (χ0v) is 20.2. The summed E-state index contributed by atoms with van der Waals surface area (Å²) in [5, 5.41) is 15.9. The zero-order valence-electron chi connectivity index (χ0n) is 20.2. The summed E-state index contributed by atoms with van der Waals surface area (Å²) in [5.41, 5.74) is -1.20. The molecule has 0 radical (unpaired) electrons. The lowest BCUT2D eigenvalue weighted by Crippen LogP contribution is -2.58. The third-order valence-corrected chi connectivity index (χ3v) is 7.87. The summed E-state index contributed by atoms with van der Waals surface area (Å²) >= 11 is 0. The lowest BCUT2D eigenvalue weighted by atomic mass is 9.49. The summed E-state index contributed by atoms with van der Waals surface area (Å²) in [6.45, 7) is 3.29. The number of hydrogen-bond donors (Lipinski definition) is 3. The van der Waals surface area contributed by atoms with Crippen molar-refractivity contribution in [2.75, 3.05) is 13.2 Å². The molecule has 9 heteroatoms. The molecule has 2 amide bonds. The van der Waals surface area contributed by atoms with Gasteiger partial charge < -0.3 is 20.5 Å². The van der Waals surface area contributed by atoms with Gasteiger partial charge in [-0.1, -0.05) is 19.9 Å². The highest BCUT2D eigenvalue weighted by molar-refractivity contribution is 5.90. The minimum Gasteiger partial charge on any atom is -0.491 e.